The fraction of sp³-hybridized carbons (Fsp3) is 0.294. The van der Waals surface area contributed by atoms with Crippen molar-refractivity contribution in [1.82, 2.24) is 0 Å². The van der Waals surface area contributed by atoms with Gasteiger partial charge in [-0.1, -0.05) is 28.1 Å². The average molecular weight is 355 g/mol. The molecule has 0 aliphatic rings. The lowest BCUT2D eigenvalue weighted by Gasteiger charge is -2.15. The summed E-state index contributed by atoms with van der Waals surface area (Å²) < 4.78 is 33.0. The van der Waals surface area contributed by atoms with Gasteiger partial charge in [0.25, 0.3) is 0 Å². The zero-order valence-corrected chi connectivity index (χ0v) is 13.7. The van der Waals surface area contributed by atoms with Crippen molar-refractivity contribution in [2.75, 3.05) is 0 Å². The lowest BCUT2D eigenvalue weighted by molar-refractivity contribution is 0.242. The van der Waals surface area contributed by atoms with E-state index < -0.39 is 11.6 Å². The molecule has 0 aliphatic heterocycles. The monoisotopic (exact) mass is 354 g/mol. The van der Waals surface area contributed by atoms with E-state index in [2.05, 4.69) is 15.9 Å². The van der Waals surface area contributed by atoms with Crippen molar-refractivity contribution < 1.29 is 13.5 Å². The minimum atomic E-state index is -0.560. The highest BCUT2D eigenvalue weighted by atomic mass is 79.9. The second-order valence-electron chi connectivity index (χ2n) is 5.22. The van der Waals surface area contributed by atoms with E-state index in [4.69, 9.17) is 4.74 Å². The van der Waals surface area contributed by atoms with Gasteiger partial charge in [0.05, 0.1) is 10.9 Å². The van der Waals surface area contributed by atoms with E-state index in [1.165, 1.54) is 6.07 Å². The first-order valence-corrected chi connectivity index (χ1v) is 7.66. The molecule has 0 saturated heterocycles. The van der Waals surface area contributed by atoms with E-state index in [9.17, 15) is 8.78 Å². The van der Waals surface area contributed by atoms with Gasteiger partial charge in [0, 0.05) is 11.6 Å². The SMILES string of the molecule is Cc1cc(C(Br)c2cccc(OC(C)C)c2)c(F)cc1F. The maximum absolute atomic E-state index is 14.0. The molecule has 0 heterocycles. The first-order chi connectivity index (χ1) is 9.88. The molecule has 0 aromatic heterocycles. The molecule has 2 aromatic carbocycles. The van der Waals surface area contributed by atoms with E-state index >= 15 is 0 Å². The number of alkyl halides is 1. The standard InChI is InChI=1S/C17H17BrF2O/c1-10(2)21-13-6-4-5-12(8-13)17(18)14-7-11(3)15(19)9-16(14)20/h4-10,17H,1-3H3. The van der Waals surface area contributed by atoms with Gasteiger partial charge in [0.2, 0.25) is 0 Å². The van der Waals surface area contributed by atoms with Gasteiger partial charge >= 0.3 is 0 Å². The third-order valence-corrected chi connectivity index (χ3v) is 4.10. The van der Waals surface area contributed by atoms with E-state index in [1.807, 2.05) is 38.1 Å². The van der Waals surface area contributed by atoms with Crippen LogP contribution < -0.4 is 4.74 Å². The van der Waals surface area contributed by atoms with Crippen LogP contribution in [0.2, 0.25) is 0 Å². The number of rotatable bonds is 4. The number of hydrogen-bond donors (Lipinski definition) is 0. The van der Waals surface area contributed by atoms with Crippen LogP contribution in [0.3, 0.4) is 0 Å². The third kappa shape index (κ3) is 3.82. The highest BCUT2D eigenvalue weighted by Crippen LogP contribution is 2.35. The molecule has 112 valence electrons. The third-order valence-electron chi connectivity index (χ3n) is 3.07. The first-order valence-electron chi connectivity index (χ1n) is 6.74. The summed E-state index contributed by atoms with van der Waals surface area (Å²) in [5.74, 6) is -0.366. The molecular weight excluding hydrogens is 338 g/mol. The summed E-state index contributed by atoms with van der Waals surface area (Å²) in [4.78, 5) is -0.354. The summed E-state index contributed by atoms with van der Waals surface area (Å²) in [7, 11) is 0. The second-order valence-corrected chi connectivity index (χ2v) is 6.14. The maximum atomic E-state index is 14.0. The number of hydrogen-bond acceptors (Lipinski definition) is 1. The van der Waals surface area contributed by atoms with Gasteiger partial charge in [-0.15, -0.1) is 0 Å². The molecule has 0 radical (unpaired) electrons. The van der Waals surface area contributed by atoms with Crippen molar-refractivity contribution in [3.8, 4) is 5.75 Å². The Morgan fingerprint density at radius 3 is 2.43 bits per heavy atom. The van der Waals surface area contributed by atoms with Gasteiger partial charge in [0.15, 0.2) is 0 Å². The Balaban J connectivity index is 2.36. The summed E-state index contributed by atoms with van der Waals surface area (Å²) in [5, 5.41) is 0. The van der Waals surface area contributed by atoms with Crippen LogP contribution >= 0.6 is 15.9 Å². The Kier molecular flexibility index (Phi) is 4.99. The summed E-state index contributed by atoms with van der Waals surface area (Å²) in [6.45, 7) is 5.51. The summed E-state index contributed by atoms with van der Waals surface area (Å²) >= 11 is 3.49. The van der Waals surface area contributed by atoms with Gasteiger partial charge < -0.3 is 4.74 Å². The number of aryl methyl sites for hydroxylation is 1. The van der Waals surface area contributed by atoms with Crippen LogP contribution in [0.15, 0.2) is 36.4 Å². The van der Waals surface area contributed by atoms with Crippen LogP contribution in [0.4, 0.5) is 8.78 Å². The zero-order valence-electron chi connectivity index (χ0n) is 12.2. The molecule has 4 heteroatoms. The molecule has 1 unspecified atom stereocenters. The summed E-state index contributed by atoms with van der Waals surface area (Å²) in [5.41, 5.74) is 1.69. The molecule has 2 rings (SSSR count). The largest absolute Gasteiger partial charge is 0.491 e. The highest BCUT2D eigenvalue weighted by Gasteiger charge is 2.17. The number of benzene rings is 2. The smallest absolute Gasteiger partial charge is 0.130 e. The van der Waals surface area contributed by atoms with Crippen LogP contribution in [0.5, 0.6) is 5.75 Å². The highest BCUT2D eigenvalue weighted by molar-refractivity contribution is 9.09. The van der Waals surface area contributed by atoms with Crippen LogP contribution in [-0.4, -0.2) is 6.10 Å². The molecule has 0 bridgehead atoms. The molecule has 2 aromatic rings. The molecule has 0 fully saturated rings. The van der Waals surface area contributed by atoms with Gasteiger partial charge in [0.1, 0.15) is 17.4 Å². The average Bonchev–Trinajstić information content (AvgIpc) is 2.41. The van der Waals surface area contributed by atoms with Gasteiger partial charge in [-0.3, -0.25) is 0 Å². The van der Waals surface area contributed by atoms with Crippen LogP contribution in [-0.2, 0) is 0 Å². The fourth-order valence-electron chi connectivity index (χ4n) is 2.07. The van der Waals surface area contributed by atoms with Gasteiger partial charge in [-0.05, 0) is 50.1 Å². The minimum absolute atomic E-state index is 0.0684. The Morgan fingerprint density at radius 1 is 1.05 bits per heavy atom. The van der Waals surface area contributed by atoms with Crippen LogP contribution in [0.1, 0.15) is 35.4 Å². The molecule has 0 saturated carbocycles. The number of halogens is 3. The van der Waals surface area contributed by atoms with Crippen LogP contribution in [0, 0.1) is 18.6 Å². The van der Waals surface area contributed by atoms with Crippen molar-refractivity contribution in [3.63, 3.8) is 0 Å². The van der Waals surface area contributed by atoms with Gasteiger partial charge in [-0.2, -0.15) is 0 Å². The fourth-order valence-corrected chi connectivity index (χ4v) is 2.71. The summed E-state index contributed by atoms with van der Waals surface area (Å²) in [6.07, 6.45) is 0.0684. The zero-order chi connectivity index (χ0) is 15.6. The Labute approximate surface area is 132 Å². The Hall–Kier alpha value is -1.42. The summed E-state index contributed by atoms with van der Waals surface area (Å²) in [6, 6.07) is 9.90. The lowest BCUT2D eigenvalue weighted by Crippen LogP contribution is -2.06. The predicted octanol–water partition coefficient (Wildman–Crippen LogP) is 5.54. The van der Waals surface area contributed by atoms with Crippen molar-refractivity contribution >= 4 is 15.9 Å². The molecule has 0 N–H and O–H groups in total. The van der Waals surface area contributed by atoms with Crippen molar-refractivity contribution in [2.24, 2.45) is 0 Å². The number of ether oxygens (including phenoxy) is 1. The molecule has 0 aliphatic carbocycles. The van der Waals surface area contributed by atoms with E-state index in [-0.39, 0.29) is 10.9 Å². The van der Waals surface area contributed by atoms with E-state index in [0.717, 1.165) is 17.4 Å². The first kappa shape index (κ1) is 16.0. The Morgan fingerprint density at radius 2 is 1.76 bits per heavy atom. The van der Waals surface area contributed by atoms with Crippen molar-refractivity contribution in [2.45, 2.75) is 31.7 Å². The van der Waals surface area contributed by atoms with Gasteiger partial charge in [-0.25, -0.2) is 8.78 Å². The quantitative estimate of drug-likeness (QED) is 0.654. The maximum Gasteiger partial charge on any atom is 0.130 e. The molecule has 1 atom stereocenters. The molecule has 0 spiro atoms. The Bertz CT molecular complexity index is 641. The van der Waals surface area contributed by atoms with E-state index in [1.54, 1.807) is 6.92 Å². The molecule has 0 amide bonds. The van der Waals surface area contributed by atoms with Crippen molar-refractivity contribution in [3.05, 3.63) is 64.7 Å². The van der Waals surface area contributed by atoms with Crippen LogP contribution in [0.25, 0.3) is 0 Å². The normalized spacial score (nSPS) is 12.5. The lowest BCUT2D eigenvalue weighted by atomic mass is 10.0. The second kappa shape index (κ2) is 6.56. The van der Waals surface area contributed by atoms with E-state index in [0.29, 0.717) is 11.1 Å². The molecule has 21 heavy (non-hydrogen) atoms. The topological polar surface area (TPSA) is 9.23 Å². The minimum Gasteiger partial charge on any atom is -0.491 e. The predicted molar refractivity (Wildman–Crippen MR) is 84.1 cm³/mol. The van der Waals surface area contributed by atoms with Crippen molar-refractivity contribution in [1.29, 1.82) is 0 Å². The molecule has 1 nitrogen and oxygen atoms in total. The molecular formula is C17H17BrF2O.